The molecule has 1 aromatic heterocycles. The first kappa shape index (κ1) is 14.3. The van der Waals surface area contributed by atoms with Gasteiger partial charge in [0.25, 0.3) is 0 Å². The molecule has 1 aromatic carbocycles. The van der Waals surface area contributed by atoms with Gasteiger partial charge < -0.3 is 10.1 Å². The van der Waals surface area contributed by atoms with Crippen molar-refractivity contribution >= 4 is 32.6 Å². The predicted octanol–water partition coefficient (Wildman–Crippen LogP) is 3.18. The minimum atomic E-state index is -1.03. The predicted molar refractivity (Wildman–Crippen MR) is 78.8 cm³/mol. The second-order valence-electron chi connectivity index (χ2n) is 4.60. The molecule has 2 aromatic rings. The van der Waals surface area contributed by atoms with Crippen LogP contribution in [0.25, 0.3) is 10.2 Å². The first-order valence-electron chi connectivity index (χ1n) is 6.19. The Morgan fingerprint density at radius 1 is 1.60 bits per heavy atom. The number of carbonyl (C=O) groups is 1. The molecule has 1 amide bonds. The van der Waals surface area contributed by atoms with E-state index in [-0.39, 0.29) is 5.91 Å². The van der Waals surface area contributed by atoms with E-state index in [1.807, 2.05) is 31.2 Å². The summed E-state index contributed by atoms with van der Waals surface area (Å²) in [5.41, 5.74) is -0.239. The number of nitriles is 1. The maximum absolute atomic E-state index is 12.1. The van der Waals surface area contributed by atoms with Crippen LogP contribution >= 0.6 is 11.3 Å². The van der Waals surface area contributed by atoms with E-state index in [9.17, 15) is 4.79 Å². The molecule has 1 heterocycles. The maximum Gasteiger partial charge on any atom is 0.246 e. The molecule has 1 atom stereocenters. The summed E-state index contributed by atoms with van der Waals surface area (Å²) in [7, 11) is 1.60. The standard InChI is InChI=1S/C14H15N3O2S/c1-4-14(2,8-15)12(18)17-13-16-10-6-5-9(19-3)7-11(10)20-13/h5-7H,4H2,1-3H3,(H,16,17,18). The van der Waals surface area contributed by atoms with Crippen LogP contribution in [-0.4, -0.2) is 18.0 Å². The molecule has 0 aliphatic rings. The first-order valence-corrected chi connectivity index (χ1v) is 7.01. The van der Waals surface area contributed by atoms with Gasteiger partial charge in [0.2, 0.25) is 5.91 Å². The summed E-state index contributed by atoms with van der Waals surface area (Å²) in [6.07, 6.45) is 0.452. The fraction of sp³-hybridized carbons (Fsp3) is 0.357. The van der Waals surface area contributed by atoms with Crippen molar-refractivity contribution in [1.82, 2.24) is 4.98 Å². The van der Waals surface area contributed by atoms with Crippen LogP contribution in [0, 0.1) is 16.7 Å². The van der Waals surface area contributed by atoms with Crippen LogP contribution in [0.1, 0.15) is 20.3 Å². The van der Waals surface area contributed by atoms with Crippen LogP contribution in [0.3, 0.4) is 0 Å². The number of anilines is 1. The van der Waals surface area contributed by atoms with Crippen molar-refractivity contribution in [1.29, 1.82) is 5.26 Å². The number of ether oxygens (including phenoxy) is 1. The Morgan fingerprint density at radius 2 is 2.35 bits per heavy atom. The van der Waals surface area contributed by atoms with Crippen molar-refractivity contribution in [3.63, 3.8) is 0 Å². The molecule has 5 nitrogen and oxygen atoms in total. The summed E-state index contributed by atoms with van der Waals surface area (Å²) >= 11 is 1.36. The Balaban J connectivity index is 2.27. The summed E-state index contributed by atoms with van der Waals surface area (Å²) in [5, 5.41) is 12.3. The number of amides is 1. The number of thiazole rings is 1. The normalized spacial score (nSPS) is 13.5. The number of nitrogens with one attached hydrogen (secondary N) is 1. The highest BCUT2D eigenvalue weighted by Crippen LogP contribution is 2.30. The fourth-order valence-electron chi connectivity index (χ4n) is 1.61. The number of benzene rings is 1. The highest BCUT2D eigenvalue weighted by atomic mass is 32.1. The van der Waals surface area contributed by atoms with E-state index in [4.69, 9.17) is 10.00 Å². The number of nitrogens with zero attached hydrogens (tertiary/aromatic N) is 2. The van der Waals surface area contributed by atoms with Crippen LogP contribution in [-0.2, 0) is 4.79 Å². The largest absolute Gasteiger partial charge is 0.497 e. The Labute approximate surface area is 121 Å². The molecule has 2 rings (SSSR count). The van der Waals surface area contributed by atoms with Gasteiger partial charge in [-0.1, -0.05) is 18.3 Å². The van der Waals surface area contributed by atoms with Gasteiger partial charge in [0.05, 0.1) is 23.4 Å². The Morgan fingerprint density at radius 3 is 2.95 bits per heavy atom. The molecular weight excluding hydrogens is 274 g/mol. The van der Waals surface area contributed by atoms with Gasteiger partial charge in [-0.25, -0.2) is 4.98 Å². The van der Waals surface area contributed by atoms with Crippen LogP contribution in [0.15, 0.2) is 18.2 Å². The molecule has 0 aliphatic carbocycles. The Hall–Kier alpha value is -2.13. The molecule has 0 aliphatic heterocycles. The van der Waals surface area contributed by atoms with E-state index in [0.29, 0.717) is 11.6 Å². The van der Waals surface area contributed by atoms with Crippen molar-refractivity contribution in [3.05, 3.63) is 18.2 Å². The number of methoxy groups -OCH3 is 1. The van der Waals surface area contributed by atoms with Crippen molar-refractivity contribution in [2.45, 2.75) is 20.3 Å². The van der Waals surface area contributed by atoms with Gasteiger partial charge in [-0.15, -0.1) is 0 Å². The smallest absolute Gasteiger partial charge is 0.246 e. The van der Waals surface area contributed by atoms with E-state index in [0.717, 1.165) is 16.0 Å². The quantitative estimate of drug-likeness (QED) is 0.938. The van der Waals surface area contributed by atoms with Crippen LogP contribution < -0.4 is 10.1 Å². The lowest BCUT2D eigenvalue weighted by atomic mass is 9.88. The molecule has 0 saturated carbocycles. The highest BCUT2D eigenvalue weighted by molar-refractivity contribution is 7.22. The number of rotatable bonds is 4. The summed E-state index contributed by atoms with van der Waals surface area (Å²) in [4.78, 5) is 16.4. The van der Waals surface area contributed by atoms with Gasteiger partial charge in [-0.2, -0.15) is 5.26 Å². The SMILES string of the molecule is CCC(C)(C#N)C(=O)Nc1nc2ccc(OC)cc2s1. The van der Waals surface area contributed by atoms with Crippen LogP contribution in [0.4, 0.5) is 5.13 Å². The van der Waals surface area contributed by atoms with Gasteiger partial charge in [-0.3, -0.25) is 4.79 Å². The number of hydrogen-bond donors (Lipinski definition) is 1. The minimum absolute atomic E-state index is 0.325. The number of carbonyl (C=O) groups excluding carboxylic acids is 1. The number of fused-ring (bicyclic) bond motifs is 1. The third kappa shape index (κ3) is 2.58. The van der Waals surface area contributed by atoms with Gasteiger partial charge >= 0.3 is 0 Å². The topological polar surface area (TPSA) is 75.0 Å². The van der Waals surface area contributed by atoms with E-state index >= 15 is 0 Å². The zero-order valence-electron chi connectivity index (χ0n) is 11.6. The molecule has 0 radical (unpaired) electrons. The fourth-order valence-corrected chi connectivity index (χ4v) is 2.50. The second-order valence-corrected chi connectivity index (χ2v) is 5.63. The lowest BCUT2D eigenvalue weighted by Gasteiger charge is -2.16. The van der Waals surface area contributed by atoms with Crippen molar-refractivity contribution in [3.8, 4) is 11.8 Å². The highest BCUT2D eigenvalue weighted by Gasteiger charge is 2.31. The molecular formula is C14H15N3O2S. The minimum Gasteiger partial charge on any atom is -0.497 e. The lowest BCUT2D eigenvalue weighted by Crippen LogP contribution is -2.31. The zero-order chi connectivity index (χ0) is 14.8. The molecule has 0 saturated heterocycles. The van der Waals surface area contributed by atoms with Gasteiger partial charge in [0, 0.05) is 0 Å². The molecule has 6 heteroatoms. The molecule has 0 bridgehead atoms. The van der Waals surface area contributed by atoms with Crippen molar-refractivity contribution in [2.24, 2.45) is 5.41 Å². The molecule has 0 fully saturated rings. The summed E-state index contributed by atoms with van der Waals surface area (Å²) in [6.45, 7) is 3.44. The summed E-state index contributed by atoms with van der Waals surface area (Å²) in [6, 6.07) is 7.57. The van der Waals surface area contributed by atoms with Crippen LogP contribution in [0.5, 0.6) is 5.75 Å². The van der Waals surface area contributed by atoms with Gasteiger partial charge in [0.15, 0.2) is 5.13 Å². The third-order valence-electron chi connectivity index (χ3n) is 3.27. The van der Waals surface area contributed by atoms with Crippen LogP contribution in [0.2, 0.25) is 0 Å². The average molecular weight is 289 g/mol. The second kappa shape index (κ2) is 5.47. The molecule has 20 heavy (non-hydrogen) atoms. The van der Waals surface area contributed by atoms with Crippen molar-refractivity contribution in [2.75, 3.05) is 12.4 Å². The molecule has 1 unspecified atom stereocenters. The van der Waals surface area contributed by atoms with Gasteiger partial charge in [-0.05, 0) is 31.5 Å². The Bertz CT molecular complexity index is 689. The van der Waals surface area contributed by atoms with E-state index in [1.54, 1.807) is 14.0 Å². The molecule has 1 N–H and O–H groups in total. The lowest BCUT2D eigenvalue weighted by molar-refractivity contribution is -0.122. The average Bonchev–Trinajstić information content (AvgIpc) is 2.87. The van der Waals surface area contributed by atoms with E-state index in [2.05, 4.69) is 10.3 Å². The van der Waals surface area contributed by atoms with Gasteiger partial charge in [0.1, 0.15) is 11.2 Å². The monoisotopic (exact) mass is 289 g/mol. The van der Waals surface area contributed by atoms with E-state index < -0.39 is 5.41 Å². The maximum atomic E-state index is 12.1. The first-order chi connectivity index (χ1) is 9.52. The summed E-state index contributed by atoms with van der Waals surface area (Å²) in [5.74, 6) is 0.419. The van der Waals surface area contributed by atoms with E-state index in [1.165, 1.54) is 11.3 Å². The third-order valence-corrected chi connectivity index (χ3v) is 4.20. The molecule has 0 spiro atoms. The molecule has 104 valence electrons. The summed E-state index contributed by atoms with van der Waals surface area (Å²) < 4.78 is 6.08. The number of aromatic nitrogens is 1. The Kier molecular flexibility index (Phi) is 3.91. The zero-order valence-corrected chi connectivity index (χ0v) is 12.4. The number of hydrogen-bond acceptors (Lipinski definition) is 5. The van der Waals surface area contributed by atoms with Crippen molar-refractivity contribution < 1.29 is 9.53 Å².